The molecule has 10 rings (SSSR count). The van der Waals surface area contributed by atoms with E-state index in [1.165, 1.54) is 4.57 Å². The van der Waals surface area contributed by atoms with E-state index in [4.69, 9.17) is 21.3 Å². The fraction of sp³-hybridized carbons (Fsp3) is 0.346. The minimum Gasteiger partial charge on any atom is -0.494 e. The van der Waals surface area contributed by atoms with Crippen molar-refractivity contribution >= 4 is 81.4 Å². The van der Waals surface area contributed by atoms with E-state index in [-0.39, 0.29) is 18.0 Å². The van der Waals surface area contributed by atoms with Crippen LogP contribution in [0.1, 0.15) is 31.7 Å². The monoisotopic (exact) mass is 996 g/mol. The third kappa shape index (κ3) is 9.91. The molecule has 3 aliphatic rings. The highest BCUT2D eigenvalue weighted by atomic mass is 35.5. The lowest BCUT2D eigenvalue weighted by Gasteiger charge is -2.40. The Bertz CT molecular complexity index is 3260. The zero-order valence-electron chi connectivity index (χ0n) is 40.6. The van der Waals surface area contributed by atoms with E-state index in [1.807, 2.05) is 86.2 Å². The number of ether oxygens (including phenoxy) is 1. The Kier molecular flexibility index (Phi) is 13.2. The third-order valence-electron chi connectivity index (χ3n) is 14.1. The number of piperidine rings is 2. The highest BCUT2D eigenvalue weighted by molar-refractivity contribution is 7.70. The predicted octanol–water partition coefficient (Wildman–Crippen LogP) is 7.61. The zero-order chi connectivity index (χ0) is 49.6. The molecule has 0 saturated carbocycles. The molecular formula is C52H58ClN12O5P. The molecule has 0 spiro atoms. The van der Waals surface area contributed by atoms with Gasteiger partial charge < -0.3 is 29.7 Å². The number of hydrogen-bond acceptors (Lipinski definition) is 13. The van der Waals surface area contributed by atoms with Gasteiger partial charge >= 0.3 is 5.69 Å². The largest absolute Gasteiger partial charge is 0.494 e. The summed E-state index contributed by atoms with van der Waals surface area (Å²) >= 11 is 6.71. The van der Waals surface area contributed by atoms with Crippen LogP contribution in [-0.2, 0) is 28.2 Å². The van der Waals surface area contributed by atoms with Crippen LogP contribution in [0.25, 0.3) is 33.3 Å². The summed E-state index contributed by atoms with van der Waals surface area (Å²) in [6.07, 6.45) is 8.03. The van der Waals surface area contributed by atoms with Gasteiger partial charge in [-0.3, -0.25) is 33.6 Å². The maximum atomic E-state index is 13.6. The molecule has 0 bridgehead atoms. The number of carbonyl (C=O) groups excluding carboxylic acids is 2. The number of nitrogens with one attached hydrogen (secondary N) is 3. The fourth-order valence-electron chi connectivity index (χ4n) is 10.2. The summed E-state index contributed by atoms with van der Waals surface area (Å²) in [6, 6.07) is 25.3. The van der Waals surface area contributed by atoms with Crippen LogP contribution < -0.4 is 41.5 Å². The molecule has 3 aliphatic heterocycles. The molecule has 3 N–H and O–H groups in total. The molecule has 6 heterocycles. The molecule has 3 fully saturated rings. The molecule has 3 saturated heterocycles. The smallest absolute Gasteiger partial charge is 0.329 e. The number of imidazole rings is 1. The lowest BCUT2D eigenvalue weighted by molar-refractivity contribution is -0.135. The molecule has 2 amide bonds. The number of nitrogens with zero attached hydrogens (tertiary/aromatic N) is 9. The molecule has 368 valence electrons. The van der Waals surface area contributed by atoms with E-state index < -0.39 is 19.1 Å². The molecule has 3 aromatic heterocycles. The molecule has 4 aromatic carbocycles. The molecule has 19 heteroatoms. The van der Waals surface area contributed by atoms with Crippen LogP contribution in [0.2, 0.25) is 5.02 Å². The average Bonchev–Trinajstić information content (AvgIpc) is 3.91. The molecule has 1 atom stereocenters. The Morgan fingerprint density at radius 1 is 0.803 bits per heavy atom. The maximum Gasteiger partial charge on any atom is 0.329 e. The number of anilines is 6. The van der Waals surface area contributed by atoms with Gasteiger partial charge in [0.2, 0.25) is 17.8 Å². The van der Waals surface area contributed by atoms with Crippen molar-refractivity contribution in [2.24, 2.45) is 20.0 Å². The number of amides is 2. The van der Waals surface area contributed by atoms with Crippen LogP contribution in [0.4, 0.5) is 34.5 Å². The van der Waals surface area contributed by atoms with Gasteiger partial charge in [0.05, 0.1) is 41.9 Å². The lowest BCUT2D eigenvalue weighted by Crippen LogP contribution is -2.49. The number of imide groups is 1. The van der Waals surface area contributed by atoms with Crippen molar-refractivity contribution in [2.45, 2.75) is 31.7 Å². The first-order valence-electron chi connectivity index (χ1n) is 24.0. The van der Waals surface area contributed by atoms with Gasteiger partial charge in [-0.05, 0) is 86.0 Å². The van der Waals surface area contributed by atoms with Gasteiger partial charge in [-0.25, -0.2) is 9.78 Å². The summed E-state index contributed by atoms with van der Waals surface area (Å²) in [6.45, 7) is 9.91. The number of hydrogen-bond donors (Lipinski definition) is 3. The second-order valence-corrected chi connectivity index (χ2v) is 22.7. The Labute approximate surface area is 417 Å². The molecule has 1 unspecified atom stereocenters. The minimum absolute atomic E-state index is 0.208. The minimum atomic E-state index is -2.74. The van der Waals surface area contributed by atoms with E-state index in [9.17, 15) is 18.9 Å². The summed E-state index contributed by atoms with van der Waals surface area (Å²) in [7, 11) is 2.57. The quantitative estimate of drug-likeness (QED) is 0.0761. The van der Waals surface area contributed by atoms with Crippen molar-refractivity contribution in [3.8, 4) is 28.0 Å². The number of benzene rings is 4. The van der Waals surface area contributed by atoms with Gasteiger partial charge in [0.25, 0.3) is 0 Å². The Balaban J connectivity index is 0.808. The number of fused-ring (bicyclic) bond motifs is 1. The topological polar surface area (TPSA) is 177 Å². The van der Waals surface area contributed by atoms with Crippen molar-refractivity contribution in [2.75, 3.05) is 86.7 Å². The molecule has 0 aliphatic carbocycles. The average molecular weight is 998 g/mol. The van der Waals surface area contributed by atoms with Gasteiger partial charge in [-0.1, -0.05) is 48.0 Å². The van der Waals surface area contributed by atoms with Gasteiger partial charge in [0, 0.05) is 106 Å². The summed E-state index contributed by atoms with van der Waals surface area (Å²) in [5.74, 6) is 1.11. The van der Waals surface area contributed by atoms with E-state index in [2.05, 4.69) is 52.9 Å². The van der Waals surface area contributed by atoms with E-state index in [0.717, 1.165) is 97.8 Å². The zero-order valence-corrected chi connectivity index (χ0v) is 42.2. The standard InChI is InChI=1S/C52H58ClN12O5P/c1-60-32-36(29-55-60)38-27-41(57-51-54-30-39(53)49(59-51)56-40-13-11-35(25-47(40)71(4,5)69)34-9-7-6-8-10-34)46(70-3)28-44(38)64-19-17-33(18-20-64)31-62-21-23-63(24-22-62)37-12-14-42-45(26-37)61(2)52(68)65(42)43-15-16-48(66)58-50(43)67/h6-14,25-30,32-33,43H,15-24,31H2,1-5H3,(H,58,66,67)(H2,54,56,57,59). The molecular weight excluding hydrogens is 939 g/mol. The highest BCUT2D eigenvalue weighted by Gasteiger charge is 2.32. The number of carbonyl (C=O) groups is 2. The Morgan fingerprint density at radius 2 is 1.58 bits per heavy atom. The molecule has 17 nitrogen and oxygen atoms in total. The van der Waals surface area contributed by atoms with Crippen LogP contribution in [0, 0.1) is 5.92 Å². The predicted molar refractivity (Wildman–Crippen MR) is 282 cm³/mol. The van der Waals surface area contributed by atoms with Gasteiger partial charge in [0.1, 0.15) is 24.0 Å². The number of aryl methyl sites for hydroxylation is 2. The van der Waals surface area contributed by atoms with Gasteiger partial charge in [-0.15, -0.1) is 0 Å². The normalized spacial score (nSPS) is 17.2. The van der Waals surface area contributed by atoms with Crippen molar-refractivity contribution in [3.05, 3.63) is 113 Å². The second-order valence-electron chi connectivity index (χ2n) is 19.1. The fourth-order valence-corrected chi connectivity index (χ4v) is 11.5. The van der Waals surface area contributed by atoms with Gasteiger partial charge in [0.15, 0.2) is 5.82 Å². The Morgan fingerprint density at radius 3 is 2.28 bits per heavy atom. The van der Waals surface area contributed by atoms with E-state index in [0.29, 0.717) is 57.1 Å². The molecule has 0 radical (unpaired) electrons. The van der Waals surface area contributed by atoms with Crippen LogP contribution in [-0.4, -0.2) is 112 Å². The Hall–Kier alpha value is -6.94. The first-order chi connectivity index (χ1) is 34.2. The first-order valence-corrected chi connectivity index (χ1v) is 27.0. The summed E-state index contributed by atoms with van der Waals surface area (Å²) in [4.78, 5) is 54.6. The first kappa shape index (κ1) is 47.7. The third-order valence-corrected chi connectivity index (χ3v) is 15.9. The van der Waals surface area contributed by atoms with E-state index in [1.54, 1.807) is 42.9 Å². The molecule has 7 aromatic rings. The number of aromatic nitrogens is 6. The van der Waals surface area contributed by atoms with Crippen molar-refractivity contribution in [1.29, 1.82) is 0 Å². The second kappa shape index (κ2) is 19.7. The van der Waals surface area contributed by atoms with Crippen LogP contribution >= 0.6 is 18.7 Å². The number of halogens is 1. The summed E-state index contributed by atoms with van der Waals surface area (Å²) < 4.78 is 24.6. The number of methoxy groups -OCH3 is 1. The SMILES string of the molecule is COc1cc(N2CCC(CN3CCN(c4ccc5c(c4)n(C)c(=O)n5C4CCC(=O)NC4=O)CC3)CC2)c(-c2cnn(C)c2)cc1Nc1ncc(Cl)c(Nc2ccc(-c3ccccc3)cc2P(C)(C)=O)n1. The van der Waals surface area contributed by atoms with Crippen molar-refractivity contribution in [1.82, 2.24) is 39.1 Å². The maximum absolute atomic E-state index is 13.6. The van der Waals surface area contributed by atoms with Crippen molar-refractivity contribution < 1.29 is 18.9 Å². The highest BCUT2D eigenvalue weighted by Crippen LogP contribution is 2.43. The number of rotatable bonds is 13. The van der Waals surface area contributed by atoms with E-state index >= 15 is 0 Å². The van der Waals surface area contributed by atoms with Crippen molar-refractivity contribution in [3.63, 3.8) is 0 Å². The molecule has 71 heavy (non-hydrogen) atoms. The lowest BCUT2D eigenvalue weighted by atomic mass is 9.94. The summed E-state index contributed by atoms with van der Waals surface area (Å²) in [5.41, 5.74) is 8.60. The van der Waals surface area contributed by atoms with Crippen LogP contribution in [0.3, 0.4) is 0 Å². The summed E-state index contributed by atoms with van der Waals surface area (Å²) in [5, 5.41) is 14.7. The van der Waals surface area contributed by atoms with Crippen LogP contribution in [0.15, 0.2) is 102 Å². The van der Waals surface area contributed by atoms with Crippen LogP contribution in [0.5, 0.6) is 5.75 Å². The van der Waals surface area contributed by atoms with Gasteiger partial charge in [-0.2, -0.15) is 10.1 Å². The number of piperazine rings is 1.